The molecule has 9 heteroatoms. The number of aromatic nitrogens is 5. The second kappa shape index (κ2) is 9.65. The number of ketones is 1. The van der Waals surface area contributed by atoms with E-state index in [1.165, 1.54) is 0 Å². The summed E-state index contributed by atoms with van der Waals surface area (Å²) >= 11 is 0. The van der Waals surface area contributed by atoms with E-state index in [1.807, 2.05) is 25.3 Å². The van der Waals surface area contributed by atoms with Crippen molar-refractivity contribution in [3.8, 4) is 11.4 Å². The first kappa shape index (κ1) is 23.0. The first-order chi connectivity index (χ1) is 14.9. The molecule has 1 N–H and O–H groups in total. The molecule has 0 fully saturated rings. The summed E-state index contributed by atoms with van der Waals surface area (Å²) in [6, 6.07) is 12.2. The number of nitrogens with zero attached hydrogens (tertiary/aromatic N) is 5. The Kier molecular flexibility index (Phi) is 6.95. The zero-order valence-electron chi connectivity index (χ0n) is 17.8. The topological polar surface area (TPSA) is 85.6 Å². The molecule has 0 aliphatic carbocycles. The van der Waals surface area contributed by atoms with Crippen molar-refractivity contribution in [2.75, 3.05) is 5.32 Å². The van der Waals surface area contributed by atoms with E-state index in [4.69, 9.17) is 0 Å². The Balaban J connectivity index is 0.00000289. The molecule has 3 heterocycles. The summed E-state index contributed by atoms with van der Waals surface area (Å²) in [6.07, 6.45) is 4.33. The van der Waals surface area contributed by atoms with E-state index in [9.17, 15) is 9.18 Å². The van der Waals surface area contributed by atoms with E-state index in [2.05, 4.69) is 25.3 Å². The maximum atomic E-state index is 14.5. The van der Waals surface area contributed by atoms with Gasteiger partial charge in [-0.3, -0.25) is 9.78 Å². The van der Waals surface area contributed by atoms with Gasteiger partial charge in [0.15, 0.2) is 5.82 Å². The van der Waals surface area contributed by atoms with Gasteiger partial charge in [0.05, 0.1) is 18.1 Å². The zero-order chi connectivity index (χ0) is 22.0. The monoisotopic (exact) mass is 452 g/mol. The van der Waals surface area contributed by atoms with Crippen LogP contribution in [-0.2, 0) is 0 Å². The Morgan fingerprint density at radius 2 is 1.78 bits per heavy atom. The van der Waals surface area contributed by atoms with E-state index in [1.54, 1.807) is 54.9 Å². The molecule has 0 spiro atoms. The highest BCUT2D eigenvalue weighted by atomic mass is 35.5. The second-order valence-corrected chi connectivity index (χ2v) is 7.29. The van der Waals surface area contributed by atoms with Crippen LogP contribution in [0.5, 0.6) is 0 Å². The number of imidazole rings is 1. The summed E-state index contributed by atoms with van der Waals surface area (Å²) in [5.41, 5.74) is 2.33. The molecule has 7 nitrogen and oxygen atoms in total. The molecule has 0 unspecified atom stereocenters. The number of carbonyl (C=O) groups excluding carboxylic acids is 1. The van der Waals surface area contributed by atoms with Crippen LogP contribution < -0.4 is 5.32 Å². The maximum absolute atomic E-state index is 14.5. The first-order valence-corrected chi connectivity index (χ1v) is 9.83. The van der Waals surface area contributed by atoms with Crippen LogP contribution in [0.3, 0.4) is 0 Å². The van der Waals surface area contributed by atoms with Crippen molar-refractivity contribution in [2.24, 2.45) is 0 Å². The van der Waals surface area contributed by atoms with Gasteiger partial charge >= 0.3 is 0 Å². The van der Waals surface area contributed by atoms with Crippen molar-refractivity contribution < 1.29 is 9.18 Å². The minimum absolute atomic E-state index is 0. The average Bonchev–Trinajstić information content (AvgIpc) is 3.17. The number of halogens is 2. The first-order valence-electron chi connectivity index (χ1n) is 9.83. The van der Waals surface area contributed by atoms with Crippen LogP contribution >= 0.6 is 12.4 Å². The molecule has 4 rings (SSSR count). The normalized spacial score (nSPS) is 10.7. The lowest BCUT2D eigenvalue weighted by atomic mass is 10.1. The molecule has 0 saturated carbocycles. The predicted octanol–water partition coefficient (Wildman–Crippen LogP) is 5.16. The van der Waals surface area contributed by atoms with Gasteiger partial charge in [0.1, 0.15) is 17.2 Å². The quantitative estimate of drug-likeness (QED) is 0.407. The lowest BCUT2D eigenvalue weighted by molar-refractivity contribution is 0.103. The van der Waals surface area contributed by atoms with E-state index < -0.39 is 5.82 Å². The van der Waals surface area contributed by atoms with Crippen LogP contribution in [-0.4, -0.2) is 30.3 Å². The molecule has 4 aromatic rings. The Morgan fingerprint density at radius 3 is 2.44 bits per heavy atom. The van der Waals surface area contributed by atoms with E-state index in [-0.39, 0.29) is 35.9 Å². The van der Waals surface area contributed by atoms with Gasteiger partial charge in [-0.1, -0.05) is 6.07 Å². The fraction of sp³-hybridized carbons (Fsp3) is 0.174. The molecule has 3 aromatic heterocycles. The van der Waals surface area contributed by atoms with Crippen molar-refractivity contribution in [2.45, 2.75) is 26.8 Å². The van der Waals surface area contributed by atoms with Crippen molar-refractivity contribution in [1.82, 2.24) is 24.5 Å². The van der Waals surface area contributed by atoms with Gasteiger partial charge in [-0.15, -0.1) is 12.4 Å². The zero-order valence-corrected chi connectivity index (χ0v) is 18.6. The number of carbonyl (C=O) groups is 1. The SMILES string of the molecule is Cc1ncc(-c2nc(Nc3ccc(C(=O)c4ccccn4)cc3)ncc2F)n1C(C)C.Cl. The number of rotatable bonds is 6. The van der Waals surface area contributed by atoms with Gasteiger partial charge in [-0.25, -0.2) is 19.3 Å². The lowest BCUT2D eigenvalue weighted by Gasteiger charge is -2.14. The average molecular weight is 453 g/mol. The van der Waals surface area contributed by atoms with E-state index >= 15 is 0 Å². The van der Waals surface area contributed by atoms with Gasteiger partial charge in [0.2, 0.25) is 11.7 Å². The molecule has 0 aliphatic rings. The molecule has 0 bridgehead atoms. The minimum Gasteiger partial charge on any atom is -0.324 e. The van der Waals surface area contributed by atoms with Gasteiger partial charge in [-0.05, 0) is 57.2 Å². The standard InChI is InChI=1S/C23H21FN6O.ClH/c1-14(2)30-15(3)26-13-20(30)21-18(24)12-27-23(29-21)28-17-9-7-16(8-10-17)22(31)19-6-4-5-11-25-19;/h4-14H,1-3H3,(H,27,28,29);1H. The molecule has 0 saturated heterocycles. The van der Waals surface area contributed by atoms with Crippen LogP contribution in [0.1, 0.15) is 41.8 Å². The maximum Gasteiger partial charge on any atom is 0.227 e. The summed E-state index contributed by atoms with van der Waals surface area (Å²) in [6.45, 7) is 5.88. The number of anilines is 2. The Hall–Kier alpha value is -3.65. The van der Waals surface area contributed by atoms with Crippen molar-refractivity contribution in [3.05, 3.63) is 84.0 Å². The third kappa shape index (κ3) is 4.65. The fourth-order valence-corrected chi connectivity index (χ4v) is 3.37. The molecule has 32 heavy (non-hydrogen) atoms. The highest BCUT2D eigenvalue weighted by Crippen LogP contribution is 2.26. The number of nitrogens with one attached hydrogen (secondary N) is 1. The summed E-state index contributed by atoms with van der Waals surface area (Å²) in [5, 5.41) is 3.06. The Labute approximate surface area is 191 Å². The van der Waals surface area contributed by atoms with Crippen LogP contribution in [0.25, 0.3) is 11.4 Å². The van der Waals surface area contributed by atoms with Gasteiger partial charge < -0.3 is 9.88 Å². The number of benzene rings is 1. The van der Waals surface area contributed by atoms with Crippen LogP contribution in [0.4, 0.5) is 16.0 Å². The van der Waals surface area contributed by atoms with Crippen LogP contribution in [0.15, 0.2) is 61.1 Å². The third-order valence-electron chi connectivity index (χ3n) is 4.79. The Bertz CT molecular complexity index is 1230. The smallest absolute Gasteiger partial charge is 0.227 e. The molecular weight excluding hydrogens is 431 g/mol. The highest BCUT2D eigenvalue weighted by molar-refractivity contribution is 6.07. The van der Waals surface area contributed by atoms with Crippen LogP contribution in [0, 0.1) is 12.7 Å². The van der Waals surface area contributed by atoms with Crippen molar-refractivity contribution in [3.63, 3.8) is 0 Å². The van der Waals surface area contributed by atoms with Crippen LogP contribution in [0.2, 0.25) is 0 Å². The van der Waals surface area contributed by atoms with Gasteiger partial charge in [-0.2, -0.15) is 0 Å². The second-order valence-electron chi connectivity index (χ2n) is 7.29. The Morgan fingerprint density at radius 1 is 1.03 bits per heavy atom. The van der Waals surface area contributed by atoms with E-state index in [0.29, 0.717) is 22.6 Å². The number of pyridine rings is 1. The molecule has 1 aromatic carbocycles. The molecule has 0 atom stereocenters. The molecule has 0 aliphatic heterocycles. The van der Waals surface area contributed by atoms with Crippen molar-refractivity contribution in [1.29, 1.82) is 0 Å². The summed E-state index contributed by atoms with van der Waals surface area (Å²) in [5.74, 6) is 0.341. The van der Waals surface area contributed by atoms with Crippen molar-refractivity contribution >= 4 is 29.8 Å². The molecule has 164 valence electrons. The molecule has 0 radical (unpaired) electrons. The van der Waals surface area contributed by atoms with Gasteiger partial charge in [0.25, 0.3) is 0 Å². The number of aryl methyl sites for hydroxylation is 1. The fourth-order valence-electron chi connectivity index (χ4n) is 3.37. The van der Waals surface area contributed by atoms with E-state index in [0.717, 1.165) is 12.0 Å². The summed E-state index contributed by atoms with van der Waals surface area (Å²) in [7, 11) is 0. The summed E-state index contributed by atoms with van der Waals surface area (Å²) in [4.78, 5) is 29.3. The third-order valence-corrected chi connectivity index (χ3v) is 4.79. The molecular formula is C23H22ClFN6O. The largest absolute Gasteiger partial charge is 0.324 e. The molecule has 0 amide bonds. The minimum atomic E-state index is -0.524. The highest BCUT2D eigenvalue weighted by Gasteiger charge is 2.18. The number of hydrogen-bond donors (Lipinski definition) is 1. The van der Waals surface area contributed by atoms with Gasteiger partial charge in [0, 0.05) is 23.5 Å². The predicted molar refractivity (Wildman–Crippen MR) is 123 cm³/mol. The lowest BCUT2D eigenvalue weighted by Crippen LogP contribution is -2.08. The summed E-state index contributed by atoms with van der Waals surface area (Å²) < 4.78 is 16.4. The number of hydrogen-bond acceptors (Lipinski definition) is 6.